The smallest absolute Gasteiger partial charge is 0.246 e. The number of rotatable bonds is 3. The van der Waals surface area contributed by atoms with Gasteiger partial charge in [0.05, 0.1) is 5.54 Å². The second kappa shape index (κ2) is 4.02. The summed E-state index contributed by atoms with van der Waals surface area (Å²) in [7, 11) is 1.85. The third kappa shape index (κ3) is 1.94. The van der Waals surface area contributed by atoms with E-state index < -0.39 is 0 Å². The Labute approximate surface area is 93.9 Å². The Kier molecular flexibility index (Phi) is 2.70. The fraction of sp³-hybridized carbons (Fsp3) is 0.364. The molecule has 84 valence electrons. The molecular weight excluding hydrogens is 204 g/mol. The van der Waals surface area contributed by atoms with Crippen LogP contribution >= 0.6 is 0 Å². The molecule has 0 saturated heterocycles. The van der Waals surface area contributed by atoms with Gasteiger partial charge >= 0.3 is 0 Å². The van der Waals surface area contributed by atoms with E-state index in [4.69, 9.17) is 4.52 Å². The highest BCUT2D eigenvalue weighted by atomic mass is 16.5. The molecule has 0 aliphatic heterocycles. The van der Waals surface area contributed by atoms with Crippen molar-refractivity contribution in [1.82, 2.24) is 20.4 Å². The molecule has 0 aromatic carbocycles. The van der Waals surface area contributed by atoms with Crippen LogP contribution in [0.2, 0.25) is 0 Å². The highest BCUT2D eigenvalue weighted by Crippen LogP contribution is 2.20. The molecule has 0 fully saturated rings. The van der Waals surface area contributed by atoms with Crippen LogP contribution < -0.4 is 5.32 Å². The van der Waals surface area contributed by atoms with Crippen molar-refractivity contribution < 1.29 is 4.52 Å². The Morgan fingerprint density at radius 1 is 1.31 bits per heavy atom. The summed E-state index contributed by atoms with van der Waals surface area (Å²) in [5.41, 5.74) is 0.379. The third-order valence-electron chi connectivity index (χ3n) is 2.48. The average molecular weight is 218 g/mol. The first kappa shape index (κ1) is 10.8. The third-order valence-corrected chi connectivity index (χ3v) is 2.48. The van der Waals surface area contributed by atoms with Gasteiger partial charge in [0.15, 0.2) is 0 Å². The summed E-state index contributed by atoms with van der Waals surface area (Å²) in [6, 6.07) is 5.59. The second-order valence-corrected chi connectivity index (χ2v) is 4.01. The van der Waals surface area contributed by atoms with E-state index in [0.717, 1.165) is 0 Å². The summed E-state index contributed by atoms with van der Waals surface area (Å²) in [5.74, 6) is 1.06. The average Bonchev–Trinajstić information content (AvgIpc) is 2.80. The zero-order valence-electron chi connectivity index (χ0n) is 9.56. The van der Waals surface area contributed by atoms with Crippen molar-refractivity contribution >= 4 is 0 Å². The lowest BCUT2D eigenvalue weighted by atomic mass is 10.1. The maximum atomic E-state index is 5.21. The standard InChI is InChI=1S/C11H14N4O/c1-11(2,12-3)10-14-9(15-16-10)8-6-4-5-7-13-8/h4-7,12H,1-3H3. The number of nitrogens with zero attached hydrogens (tertiary/aromatic N) is 3. The molecule has 1 N–H and O–H groups in total. The normalized spacial score (nSPS) is 11.7. The fourth-order valence-electron chi connectivity index (χ4n) is 1.18. The molecule has 0 amide bonds. The topological polar surface area (TPSA) is 63.8 Å². The molecule has 0 saturated carbocycles. The quantitative estimate of drug-likeness (QED) is 0.847. The Hall–Kier alpha value is -1.75. The largest absolute Gasteiger partial charge is 0.337 e. The van der Waals surface area contributed by atoms with Gasteiger partial charge in [-0.1, -0.05) is 11.2 Å². The van der Waals surface area contributed by atoms with Gasteiger partial charge in [-0.05, 0) is 33.0 Å². The van der Waals surface area contributed by atoms with Crippen molar-refractivity contribution in [2.75, 3.05) is 7.05 Å². The molecule has 0 aliphatic rings. The molecule has 0 aliphatic carbocycles. The van der Waals surface area contributed by atoms with Crippen LogP contribution in [-0.4, -0.2) is 22.2 Å². The van der Waals surface area contributed by atoms with Gasteiger partial charge in [-0.25, -0.2) is 0 Å². The van der Waals surface area contributed by atoms with Gasteiger partial charge in [0.1, 0.15) is 5.69 Å². The van der Waals surface area contributed by atoms with Crippen molar-refractivity contribution in [3.05, 3.63) is 30.3 Å². The van der Waals surface area contributed by atoms with E-state index >= 15 is 0 Å². The summed E-state index contributed by atoms with van der Waals surface area (Å²) in [6.45, 7) is 3.95. The molecule has 2 aromatic rings. The van der Waals surface area contributed by atoms with E-state index in [-0.39, 0.29) is 5.54 Å². The van der Waals surface area contributed by atoms with Crippen molar-refractivity contribution in [3.8, 4) is 11.5 Å². The summed E-state index contributed by atoms with van der Waals surface area (Å²) >= 11 is 0. The predicted octanol–water partition coefficient (Wildman–Crippen LogP) is 1.59. The predicted molar refractivity (Wildman–Crippen MR) is 59.6 cm³/mol. The second-order valence-electron chi connectivity index (χ2n) is 4.01. The minimum Gasteiger partial charge on any atom is -0.337 e. The lowest BCUT2D eigenvalue weighted by Gasteiger charge is -2.17. The summed E-state index contributed by atoms with van der Waals surface area (Å²) in [5, 5.41) is 7.02. The van der Waals surface area contributed by atoms with Crippen molar-refractivity contribution in [2.45, 2.75) is 19.4 Å². The molecule has 5 nitrogen and oxygen atoms in total. The van der Waals surface area contributed by atoms with Crippen LogP contribution in [0, 0.1) is 0 Å². The number of aromatic nitrogens is 3. The molecule has 2 aromatic heterocycles. The Morgan fingerprint density at radius 2 is 2.12 bits per heavy atom. The number of hydrogen-bond donors (Lipinski definition) is 1. The van der Waals surface area contributed by atoms with Crippen LogP contribution in [0.25, 0.3) is 11.5 Å². The lowest BCUT2D eigenvalue weighted by molar-refractivity contribution is 0.281. The molecular formula is C11H14N4O. The minimum atomic E-state index is -0.333. The van der Waals surface area contributed by atoms with E-state index in [2.05, 4.69) is 20.4 Å². The molecule has 0 unspecified atom stereocenters. The summed E-state index contributed by atoms with van der Waals surface area (Å²) in [4.78, 5) is 8.49. The Morgan fingerprint density at radius 3 is 2.75 bits per heavy atom. The zero-order valence-corrected chi connectivity index (χ0v) is 9.56. The number of pyridine rings is 1. The molecule has 0 radical (unpaired) electrons. The van der Waals surface area contributed by atoms with E-state index in [1.807, 2.05) is 39.1 Å². The highest BCUT2D eigenvalue weighted by molar-refractivity contribution is 5.47. The molecule has 0 spiro atoms. The van der Waals surface area contributed by atoms with Crippen molar-refractivity contribution in [3.63, 3.8) is 0 Å². The van der Waals surface area contributed by atoms with E-state index in [1.165, 1.54) is 0 Å². The van der Waals surface area contributed by atoms with Gasteiger partial charge in [0.25, 0.3) is 0 Å². The molecule has 2 heterocycles. The van der Waals surface area contributed by atoms with Crippen LogP contribution in [0.1, 0.15) is 19.7 Å². The molecule has 5 heteroatoms. The molecule has 2 rings (SSSR count). The van der Waals surface area contributed by atoms with Gasteiger partial charge in [-0.15, -0.1) is 0 Å². The fourth-order valence-corrected chi connectivity index (χ4v) is 1.18. The monoisotopic (exact) mass is 218 g/mol. The summed E-state index contributed by atoms with van der Waals surface area (Å²) in [6.07, 6.45) is 1.70. The maximum Gasteiger partial charge on any atom is 0.246 e. The van der Waals surface area contributed by atoms with E-state index in [9.17, 15) is 0 Å². The first-order valence-electron chi connectivity index (χ1n) is 5.08. The SMILES string of the molecule is CNC(C)(C)c1nc(-c2ccccn2)no1. The van der Waals surface area contributed by atoms with Gasteiger partial charge in [-0.3, -0.25) is 4.98 Å². The van der Waals surface area contributed by atoms with Crippen LogP contribution in [0.5, 0.6) is 0 Å². The Bertz CT molecular complexity index is 464. The number of nitrogens with one attached hydrogen (secondary N) is 1. The summed E-state index contributed by atoms with van der Waals surface area (Å²) < 4.78 is 5.21. The van der Waals surface area contributed by atoms with E-state index in [0.29, 0.717) is 17.4 Å². The van der Waals surface area contributed by atoms with Gasteiger partial charge < -0.3 is 9.84 Å². The van der Waals surface area contributed by atoms with Crippen molar-refractivity contribution in [1.29, 1.82) is 0 Å². The Balaban J connectivity index is 2.34. The minimum absolute atomic E-state index is 0.333. The van der Waals surface area contributed by atoms with Gasteiger partial charge in [-0.2, -0.15) is 4.98 Å². The van der Waals surface area contributed by atoms with E-state index in [1.54, 1.807) is 6.20 Å². The van der Waals surface area contributed by atoms with Gasteiger partial charge in [0.2, 0.25) is 11.7 Å². The lowest BCUT2D eigenvalue weighted by Crippen LogP contribution is -2.33. The van der Waals surface area contributed by atoms with Crippen LogP contribution in [0.3, 0.4) is 0 Å². The molecule has 16 heavy (non-hydrogen) atoms. The maximum absolute atomic E-state index is 5.21. The zero-order chi connectivity index (χ0) is 11.6. The first-order chi connectivity index (χ1) is 7.63. The molecule has 0 atom stereocenters. The van der Waals surface area contributed by atoms with Gasteiger partial charge in [0, 0.05) is 6.20 Å². The van der Waals surface area contributed by atoms with Crippen LogP contribution in [0.4, 0.5) is 0 Å². The van der Waals surface area contributed by atoms with Crippen LogP contribution in [0.15, 0.2) is 28.9 Å². The molecule has 0 bridgehead atoms. The number of hydrogen-bond acceptors (Lipinski definition) is 5. The van der Waals surface area contributed by atoms with Crippen LogP contribution in [-0.2, 0) is 5.54 Å². The van der Waals surface area contributed by atoms with Crippen molar-refractivity contribution in [2.24, 2.45) is 0 Å². The highest BCUT2D eigenvalue weighted by Gasteiger charge is 2.25. The first-order valence-corrected chi connectivity index (χ1v) is 5.08.